The minimum absolute atomic E-state index is 0.0395. The molecule has 1 unspecified atom stereocenters. The van der Waals surface area contributed by atoms with Gasteiger partial charge < -0.3 is 4.90 Å². The molecule has 206 valence electrons. The summed E-state index contributed by atoms with van der Waals surface area (Å²) in [6.07, 6.45) is 0.427. The molecule has 3 aromatic rings. The average Bonchev–Trinajstić information content (AvgIpc) is 3.27. The van der Waals surface area contributed by atoms with E-state index in [1.54, 1.807) is 0 Å². The first-order valence-corrected chi connectivity index (χ1v) is 14.0. The number of piperazine rings is 1. The van der Waals surface area contributed by atoms with Gasteiger partial charge >= 0.3 is 0 Å². The number of imide groups is 1. The first-order chi connectivity index (χ1) is 19.4. The lowest BCUT2D eigenvalue weighted by Crippen LogP contribution is -2.52. The second kappa shape index (κ2) is 11.1. The second-order valence-corrected chi connectivity index (χ2v) is 11.2. The van der Waals surface area contributed by atoms with E-state index >= 15 is 4.39 Å². The molecule has 0 saturated carbocycles. The molecule has 3 aliphatic heterocycles. The van der Waals surface area contributed by atoms with Gasteiger partial charge in [-0.2, -0.15) is 0 Å². The number of rotatable bonds is 6. The number of fused-ring (bicyclic) bond motifs is 1. The Morgan fingerprint density at radius 2 is 1.60 bits per heavy atom. The summed E-state index contributed by atoms with van der Waals surface area (Å²) in [5.41, 5.74) is 5.07. The molecule has 6 rings (SSSR count). The fraction of sp³-hybridized carbons (Fsp3) is 0.323. The Balaban J connectivity index is 1.08. The molecule has 1 atom stereocenters. The van der Waals surface area contributed by atoms with Crippen molar-refractivity contribution in [1.82, 2.24) is 20.0 Å². The van der Waals surface area contributed by atoms with Crippen LogP contribution in [-0.4, -0.2) is 64.6 Å². The minimum Gasteiger partial charge on any atom is -0.322 e. The molecular formula is C31H30ClFN4O3. The fourth-order valence-electron chi connectivity index (χ4n) is 5.99. The highest BCUT2D eigenvalue weighted by Crippen LogP contribution is 2.31. The van der Waals surface area contributed by atoms with E-state index in [4.69, 9.17) is 11.6 Å². The van der Waals surface area contributed by atoms with E-state index in [0.717, 1.165) is 48.9 Å². The summed E-state index contributed by atoms with van der Waals surface area (Å²) < 4.78 is 15.1. The van der Waals surface area contributed by atoms with Crippen LogP contribution in [0.1, 0.15) is 39.9 Å². The zero-order valence-electron chi connectivity index (χ0n) is 22.0. The van der Waals surface area contributed by atoms with Crippen molar-refractivity contribution in [1.29, 1.82) is 0 Å². The Hall–Kier alpha value is -3.59. The number of nitrogens with zero attached hydrogens (tertiary/aromatic N) is 3. The monoisotopic (exact) mass is 560 g/mol. The highest BCUT2D eigenvalue weighted by molar-refractivity contribution is 6.30. The van der Waals surface area contributed by atoms with Crippen molar-refractivity contribution < 1.29 is 18.8 Å². The fourth-order valence-corrected chi connectivity index (χ4v) is 6.11. The lowest BCUT2D eigenvalue weighted by molar-refractivity contribution is -0.136. The van der Waals surface area contributed by atoms with Crippen LogP contribution in [0.25, 0.3) is 11.1 Å². The van der Waals surface area contributed by atoms with Crippen molar-refractivity contribution in [3.63, 3.8) is 0 Å². The van der Waals surface area contributed by atoms with Gasteiger partial charge in [0.25, 0.3) is 5.91 Å². The quantitative estimate of drug-likeness (QED) is 0.457. The number of hydrogen-bond donors (Lipinski definition) is 1. The van der Waals surface area contributed by atoms with Gasteiger partial charge in [0.05, 0.1) is 5.56 Å². The molecule has 40 heavy (non-hydrogen) atoms. The second-order valence-electron chi connectivity index (χ2n) is 10.7. The Morgan fingerprint density at radius 1 is 0.900 bits per heavy atom. The highest BCUT2D eigenvalue weighted by Gasteiger charge is 2.40. The third-order valence-electron chi connectivity index (χ3n) is 8.07. The average molecular weight is 561 g/mol. The van der Waals surface area contributed by atoms with E-state index in [9.17, 15) is 14.4 Å². The SMILES string of the molecule is O=C1CCC(N2Cc3cc(CN4CCN(Cc5ccccc5-c5ccc(Cl)cc5)CC4)cc(F)c3C2=O)C(=O)N1. The smallest absolute Gasteiger partial charge is 0.258 e. The maximum atomic E-state index is 15.1. The van der Waals surface area contributed by atoms with Crippen molar-refractivity contribution in [2.45, 2.75) is 38.5 Å². The molecule has 3 heterocycles. The van der Waals surface area contributed by atoms with Gasteiger partial charge in [0.2, 0.25) is 11.8 Å². The molecule has 0 bridgehead atoms. The molecule has 3 aliphatic rings. The number of piperidine rings is 1. The Bertz CT molecular complexity index is 1470. The topological polar surface area (TPSA) is 73.0 Å². The maximum absolute atomic E-state index is 15.1. The largest absolute Gasteiger partial charge is 0.322 e. The highest BCUT2D eigenvalue weighted by atomic mass is 35.5. The van der Waals surface area contributed by atoms with Crippen molar-refractivity contribution in [2.75, 3.05) is 26.2 Å². The van der Waals surface area contributed by atoms with Crippen LogP contribution >= 0.6 is 11.6 Å². The molecule has 0 radical (unpaired) electrons. The van der Waals surface area contributed by atoms with Gasteiger partial charge in [-0.05, 0) is 52.4 Å². The summed E-state index contributed by atoms with van der Waals surface area (Å²) in [6.45, 7) is 5.09. The molecule has 0 aromatic heterocycles. The number of nitrogens with one attached hydrogen (secondary N) is 1. The standard InChI is InChI=1S/C31H30ClFN4O3/c32-24-7-5-21(6-8-24)25-4-2-1-3-22(25)18-36-13-11-35(12-14-36)17-20-15-23-19-37(31(40)29(23)26(33)16-20)27-9-10-28(38)34-30(27)39/h1-8,15-16,27H,9-14,17-19H2,(H,34,38,39). The van der Waals surface area contributed by atoms with Crippen LogP contribution in [0.5, 0.6) is 0 Å². The summed E-state index contributed by atoms with van der Waals surface area (Å²) in [4.78, 5) is 42.9. The first-order valence-electron chi connectivity index (χ1n) is 13.6. The van der Waals surface area contributed by atoms with Crippen LogP contribution in [0.4, 0.5) is 4.39 Å². The normalized spacial score (nSPS) is 20.1. The van der Waals surface area contributed by atoms with Crippen LogP contribution < -0.4 is 5.32 Å². The van der Waals surface area contributed by atoms with Gasteiger partial charge in [-0.3, -0.25) is 29.5 Å². The van der Waals surface area contributed by atoms with E-state index in [2.05, 4.69) is 39.4 Å². The Kier molecular flexibility index (Phi) is 7.40. The minimum atomic E-state index is -0.752. The summed E-state index contributed by atoms with van der Waals surface area (Å²) in [5.74, 6) is -1.87. The zero-order chi connectivity index (χ0) is 27.8. The lowest BCUT2D eigenvalue weighted by Gasteiger charge is -2.35. The predicted octanol–water partition coefficient (Wildman–Crippen LogP) is 4.22. The first kappa shape index (κ1) is 26.6. The molecule has 0 spiro atoms. The van der Waals surface area contributed by atoms with Gasteiger partial charge in [0.1, 0.15) is 11.9 Å². The summed E-state index contributed by atoms with van der Waals surface area (Å²) in [6, 6.07) is 18.9. The molecule has 1 N–H and O–H groups in total. The van der Waals surface area contributed by atoms with Crippen molar-refractivity contribution in [3.8, 4) is 11.1 Å². The zero-order valence-corrected chi connectivity index (χ0v) is 22.8. The van der Waals surface area contributed by atoms with Crippen LogP contribution in [0.3, 0.4) is 0 Å². The van der Waals surface area contributed by atoms with Crippen LogP contribution in [0, 0.1) is 5.82 Å². The molecule has 0 aliphatic carbocycles. The number of carbonyl (C=O) groups is 3. The number of amides is 3. The summed E-state index contributed by atoms with van der Waals surface area (Å²) in [7, 11) is 0. The van der Waals surface area contributed by atoms with Crippen molar-refractivity contribution in [3.05, 3.63) is 93.8 Å². The Labute approximate surface area is 237 Å². The molecule has 2 fully saturated rings. The van der Waals surface area contributed by atoms with Gasteiger partial charge in [-0.1, -0.05) is 54.1 Å². The van der Waals surface area contributed by atoms with Crippen molar-refractivity contribution >= 4 is 29.3 Å². The van der Waals surface area contributed by atoms with E-state index in [1.165, 1.54) is 22.1 Å². The van der Waals surface area contributed by atoms with Gasteiger partial charge in [-0.25, -0.2) is 4.39 Å². The molecule has 2 saturated heterocycles. The van der Waals surface area contributed by atoms with E-state index in [0.29, 0.717) is 12.1 Å². The molecule has 3 amide bonds. The molecule has 7 nitrogen and oxygen atoms in total. The number of halogens is 2. The van der Waals surface area contributed by atoms with E-state index in [1.807, 2.05) is 30.3 Å². The maximum Gasteiger partial charge on any atom is 0.258 e. The summed E-state index contributed by atoms with van der Waals surface area (Å²) >= 11 is 6.08. The van der Waals surface area contributed by atoms with Crippen LogP contribution in [-0.2, 0) is 29.2 Å². The number of hydrogen-bond acceptors (Lipinski definition) is 5. The van der Waals surface area contributed by atoms with Gasteiger partial charge in [0.15, 0.2) is 0 Å². The van der Waals surface area contributed by atoms with Crippen LogP contribution in [0.15, 0.2) is 60.7 Å². The Morgan fingerprint density at radius 3 is 2.33 bits per heavy atom. The number of carbonyl (C=O) groups excluding carboxylic acids is 3. The third kappa shape index (κ3) is 5.39. The van der Waals surface area contributed by atoms with E-state index < -0.39 is 23.7 Å². The number of benzene rings is 3. The van der Waals surface area contributed by atoms with Crippen molar-refractivity contribution in [2.24, 2.45) is 0 Å². The van der Waals surface area contributed by atoms with Gasteiger partial charge in [-0.15, -0.1) is 0 Å². The predicted molar refractivity (Wildman–Crippen MR) is 150 cm³/mol. The van der Waals surface area contributed by atoms with Gasteiger partial charge in [0, 0.05) is 57.3 Å². The van der Waals surface area contributed by atoms with E-state index in [-0.39, 0.29) is 30.9 Å². The molecule has 3 aromatic carbocycles. The molecule has 9 heteroatoms. The molecular weight excluding hydrogens is 531 g/mol. The lowest BCUT2D eigenvalue weighted by atomic mass is 9.99. The summed E-state index contributed by atoms with van der Waals surface area (Å²) in [5, 5.41) is 3.01. The van der Waals surface area contributed by atoms with Crippen LogP contribution in [0.2, 0.25) is 5.02 Å². The third-order valence-corrected chi connectivity index (χ3v) is 8.32.